The zero-order valence-corrected chi connectivity index (χ0v) is 12.8. The number of nitrogens with zero attached hydrogens (tertiary/aromatic N) is 1. The van der Waals surface area contributed by atoms with Gasteiger partial charge in [0.15, 0.2) is 0 Å². The van der Waals surface area contributed by atoms with Gasteiger partial charge in [-0.3, -0.25) is 9.59 Å². The van der Waals surface area contributed by atoms with E-state index in [2.05, 4.69) is 5.32 Å². The Kier molecular flexibility index (Phi) is 7.46. The lowest BCUT2D eigenvalue weighted by atomic mass is 10.1. The van der Waals surface area contributed by atoms with Gasteiger partial charge in [0.25, 0.3) is 5.91 Å². The number of amides is 2. The molecular formula is C16H24N2O3. The SMILES string of the molecule is CC(=O)N(C)c1ccccc1C(=O)NCCCCCCO. The molecule has 0 radical (unpaired) electrons. The summed E-state index contributed by atoms with van der Waals surface area (Å²) in [6.07, 6.45) is 3.64. The predicted molar refractivity (Wildman–Crippen MR) is 83.4 cm³/mol. The predicted octanol–water partition coefficient (Wildman–Crippen LogP) is 1.95. The first-order valence-corrected chi connectivity index (χ1v) is 7.30. The van der Waals surface area contributed by atoms with E-state index in [0.29, 0.717) is 17.8 Å². The van der Waals surface area contributed by atoms with Gasteiger partial charge in [0.2, 0.25) is 5.91 Å². The second kappa shape index (κ2) is 9.13. The molecule has 21 heavy (non-hydrogen) atoms. The van der Waals surface area contributed by atoms with Crippen molar-refractivity contribution < 1.29 is 14.7 Å². The normalized spacial score (nSPS) is 10.2. The van der Waals surface area contributed by atoms with Gasteiger partial charge in [-0.05, 0) is 25.0 Å². The lowest BCUT2D eigenvalue weighted by Gasteiger charge is -2.18. The fourth-order valence-corrected chi connectivity index (χ4v) is 2.02. The average Bonchev–Trinajstić information content (AvgIpc) is 2.49. The molecule has 5 nitrogen and oxygen atoms in total. The number of aliphatic hydroxyl groups is 1. The third-order valence-corrected chi connectivity index (χ3v) is 3.35. The lowest BCUT2D eigenvalue weighted by molar-refractivity contribution is -0.116. The van der Waals surface area contributed by atoms with E-state index in [1.165, 1.54) is 11.8 Å². The first-order chi connectivity index (χ1) is 10.1. The van der Waals surface area contributed by atoms with Crippen LogP contribution < -0.4 is 10.2 Å². The van der Waals surface area contributed by atoms with Crippen LogP contribution >= 0.6 is 0 Å². The van der Waals surface area contributed by atoms with Crippen LogP contribution in [0.4, 0.5) is 5.69 Å². The Morgan fingerprint density at radius 2 is 1.81 bits per heavy atom. The minimum Gasteiger partial charge on any atom is -0.396 e. The third kappa shape index (κ3) is 5.55. The molecule has 0 aromatic heterocycles. The summed E-state index contributed by atoms with van der Waals surface area (Å²) in [7, 11) is 1.66. The molecule has 116 valence electrons. The number of carbonyl (C=O) groups is 2. The van der Waals surface area contributed by atoms with Crippen LogP contribution in [0.5, 0.6) is 0 Å². The average molecular weight is 292 g/mol. The van der Waals surface area contributed by atoms with Crippen LogP contribution in [0.2, 0.25) is 0 Å². The first-order valence-electron chi connectivity index (χ1n) is 7.30. The van der Waals surface area contributed by atoms with Crippen LogP contribution in [0.3, 0.4) is 0 Å². The van der Waals surface area contributed by atoms with Gasteiger partial charge in [-0.15, -0.1) is 0 Å². The molecule has 0 spiro atoms. The summed E-state index contributed by atoms with van der Waals surface area (Å²) in [5, 5.41) is 11.6. The lowest BCUT2D eigenvalue weighted by Crippen LogP contribution is -2.29. The Labute approximate surface area is 126 Å². The van der Waals surface area contributed by atoms with Crippen LogP contribution in [0.15, 0.2) is 24.3 Å². The van der Waals surface area contributed by atoms with Crippen molar-refractivity contribution in [2.24, 2.45) is 0 Å². The van der Waals surface area contributed by atoms with Crippen LogP contribution in [0, 0.1) is 0 Å². The largest absolute Gasteiger partial charge is 0.396 e. The van der Waals surface area contributed by atoms with Gasteiger partial charge in [0, 0.05) is 27.1 Å². The van der Waals surface area contributed by atoms with E-state index in [1.54, 1.807) is 31.3 Å². The minimum atomic E-state index is -0.166. The van der Waals surface area contributed by atoms with Crippen molar-refractivity contribution in [1.82, 2.24) is 5.32 Å². The molecule has 0 unspecified atom stereocenters. The topological polar surface area (TPSA) is 69.6 Å². The van der Waals surface area contributed by atoms with E-state index in [4.69, 9.17) is 5.11 Å². The van der Waals surface area contributed by atoms with E-state index in [0.717, 1.165) is 25.7 Å². The van der Waals surface area contributed by atoms with Crippen LogP contribution in [0.1, 0.15) is 43.0 Å². The Hall–Kier alpha value is -1.88. The van der Waals surface area contributed by atoms with Gasteiger partial charge in [-0.1, -0.05) is 25.0 Å². The molecule has 2 amide bonds. The summed E-state index contributed by atoms with van der Waals surface area (Å²) < 4.78 is 0. The molecule has 5 heteroatoms. The van der Waals surface area contributed by atoms with Gasteiger partial charge in [-0.25, -0.2) is 0 Å². The van der Waals surface area contributed by atoms with E-state index in [-0.39, 0.29) is 18.4 Å². The number of rotatable bonds is 8. The Balaban J connectivity index is 2.56. The highest BCUT2D eigenvalue weighted by atomic mass is 16.3. The number of hydrogen-bond donors (Lipinski definition) is 2. The highest BCUT2D eigenvalue weighted by Gasteiger charge is 2.15. The Bertz CT molecular complexity index is 474. The van der Waals surface area contributed by atoms with Crippen molar-refractivity contribution in [1.29, 1.82) is 0 Å². The fourth-order valence-electron chi connectivity index (χ4n) is 2.02. The van der Waals surface area contributed by atoms with Crippen LogP contribution in [0.25, 0.3) is 0 Å². The number of benzene rings is 1. The molecule has 0 atom stereocenters. The zero-order valence-electron chi connectivity index (χ0n) is 12.8. The maximum Gasteiger partial charge on any atom is 0.253 e. The Morgan fingerprint density at radius 1 is 1.14 bits per heavy atom. The Morgan fingerprint density at radius 3 is 2.48 bits per heavy atom. The number of unbranched alkanes of at least 4 members (excludes halogenated alkanes) is 3. The third-order valence-electron chi connectivity index (χ3n) is 3.35. The monoisotopic (exact) mass is 292 g/mol. The number of aliphatic hydroxyl groups excluding tert-OH is 1. The summed E-state index contributed by atoms with van der Waals surface area (Å²) >= 11 is 0. The van der Waals surface area contributed by atoms with Gasteiger partial charge in [-0.2, -0.15) is 0 Å². The van der Waals surface area contributed by atoms with Crippen molar-refractivity contribution in [3.63, 3.8) is 0 Å². The van der Waals surface area contributed by atoms with Gasteiger partial charge >= 0.3 is 0 Å². The molecule has 0 saturated carbocycles. The number of anilines is 1. The summed E-state index contributed by atoms with van der Waals surface area (Å²) in [4.78, 5) is 25.1. The van der Waals surface area contributed by atoms with Crippen molar-refractivity contribution in [3.8, 4) is 0 Å². The van der Waals surface area contributed by atoms with Gasteiger partial charge in [0.1, 0.15) is 0 Å². The standard InChI is InChI=1S/C16H24N2O3/c1-13(20)18(2)15-10-6-5-9-14(15)16(21)17-11-7-3-4-8-12-19/h5-6,9-10,19H,3-4,7-8,11-12H2,1-2H3,(H,17,21). The molecule has 0 aliphatic carbocycles. The van der Waals surface area contributed by atoms with E-state index >= 15 is 0 Å². The highest BCUT2D eigenvalue weighted by molar-refractivity contribution is 6.04. The quantitative estimate of drug-likeness (QED) is 0.720. The number of para-hydroxylation sites is 1. The molecular weight excluding hydrogens is 268 g/mol. The van der Waals surface area contributed by atoms with E-state index in [1.807, 2.05) is 0 Å². The van der Waals surface area contributed by atoms with Gasteiger partial charge < -0.3 is 15.3 Å². The van der Waals surface area contributed by atoms with Crippen molar-refractivity contribution >= 4 is 17.5 Å². The van der Waals surface area contributed by atoms with Crippen LogP contribution in [-0.4, -0.2) is 37.1 Å². The maximum absolute atomic E-state index is 12.2. The first kappa shape index (κ1) is 17.2. The number of nitrogens with one attached hydrogen (secondary N) is 1. The number of carbonyl (C=O) groups excluding carboxylic acids is 2. The second-order valence-electron chi connectivity index (χ2n) is 4.99. The molecule has 0 saturated heterocycles. The highest BCUT2D eigenvalue weighted by Crippen LogP contribution is 2.19. The molecule has 1 aromatic carbocycles. The molecule has 0 aliphatic rings. The summed E-state index contributed by atoms with van der Waals surface area (Å²) in [5.41, 5.74) is 1.12. The zero-order chi connectivity index (χ0) is 15.7. The fraction of sp³-hybridized carbons (Fsp3) is 0.500. The molecule has 0 bridgehead atoms. The molecule has 1 aromatic rings. The molecule has 2 N–H and O–H groups in total. The molecule has 0 aliphatic heterocycles. The summed E-state index contributed by atoms with van der Waals surface area (Å²) in [6.45, 7) is 2.29. The molecule has 1 rings (SSSR count). The smallest absolute Gasteiger partial charge is 0.253 e. The van der Waals surface area contributed by atoms with Crippen LogP contribution in [-0.2, 0) is 4.79 Å². The maximum atomic E-state index is 12.2. The van der Waals surface area contributed by atoms with Gasteiger partial charge in [0.05, 0.1) is 11.3 Å². The molecule has 0 heterocycles. The molecule has 0 fully saturated rings. The summed E-state index contributed by atoms with van der Waals surface area (Å²) in [5.74, 6) is -0.278. The number of hydrogen-bond acceptors (Lipinski definition) is 3. The second-order valence-corrected chi connectivity index (χ2v) is 4.99. The van der Waals surface area contributed by atoms with Crippen molar-refractivity contribution in [2.45, 2.75) is 32.6 Å². The van der Waals surface area contributed by atoms with Crippen molar-refractivity contribution in [2.75, 3.05) is 25.1 Å². The minimum absolute atomic E-state index is 0.112. The summed E-state index contributed by atoms with van der Waals surface area (Å²) in [6, 6.07) is 7.07. The van der Waals surface area contributed by atoms with E-state index in [9.17, 15) is 9.59 Å². The van der Waals surface area contributed by atoms with E-state index < -0.39 is 0 Å². The van der Waals surface area contributed by atoms with Crippen molar-refractivity contribution in [3.05, 3.63) is 29.8 Å².